The Balaban J connectivity index is 2.10. The van der Waals surface area contributed by atoms with Crippen molar-refractivity contribution in [1.82, 2.24) is 9.97 Å². The summed E-state index contributed by atoms with van der Waals surface area (Å²) in [6.07, 6.45) is 4.22. The van der Waals surface area contributed by atoms with Crippen molar-refractivity contribution in [2.45, 2.75) is 12.5 Å². The molecular formula is C15H17ClN4O. The van der Waals surface area contributed by atoms with E-state index in [1.165, 1.54) is 0 Å². The van der Waals surface area contributed by atoms with Crippen LogP contribution >= 0.6 is 11.6 Å². The van der Waals surface area contributed by atoms with Crippen LogP contribution in [0.15, 0.2) is 24.5 Å². The van der Waals surface area contributed by atoms with Crippen LogP contribution in [0.5, 0.6) is 5.75 Å². The van der Waals surface area contributed by atoms with Crippen molar-refractivity contribution in [3.05, 3.63) is 35.1 Å². The van der Waals surface area contributed by atoms with Crippen LogP contribution in [0.25, 0.3) is 11.3 Å². The summed E-state index contributed by atoms with van der Waals surface area (Å²) in [6.45, 7) is 0.481. The van der Waals surface area contributed by atoms with E-state index in [0.29, 0.717) is 11.6 Å². The molecule has 0 saturated heterocycles. The van der Waals surface area contributed by atoms with Gasteiger partial charge in [-0.3, -0.25) is 4.98 Å². The van der Waals surface area contributed by atoms with E-state index in [2.05, 4.69) is 9.97 Å². The summed E-state index contributed by atoms with van der Waals surface area (Å²) >= 11 is 6.23. The molecule has 2 heterocycles. The molecule has 0 radical (unpaired) electrons. The molecule has 1 aliphatic heterocycles. The molecular weight excluding hydrogens is 288 g/mol. The number of ether oxygens (including phenoxy) is 1. The van der Waals surface area contributed by atoms with Crippen LogP contribution in [-0.4, -0.2) is 36.7 Å². The molecule has 3 rings (SSSR count). The molecule has 1 unspecified atom stereocenters. The van der Waals surface area contributed by atoms with Gasteiger partial charge in [-0.2, -0.15) is 0 Å². The van der Waals surface area contributed by atoms with Crippen molar-refractivity contribution in [1.29, 1.82) is 0 Å². The highest BCUT2D eigenvalue weighted by molar-refractivity contribution is 6.31. The first-order valence-corrected chi connectivity index (χ1v) is 7.15. The molecule has 0 amide bonds. The third kappa shape index (κ3) is 2.66. The first-order valence-electron chi connectivity index (χ1n) is 6.77. The number of nitrogens with two attached hydrogens (primary N) is 1. The highest BCUT2D eigenvalue weighted by atomic mass is 35.5. The van der Waals surface area contributed by atoms with Gasteiger partial charge in [-0.15, -0.1) is 0 Å². The number of benzene rings is 1. The normalized spacial score (nSPS) is 16.5. The number of fused-ring (bicyclic) bond motifs is 1. The number of aromatic nitrogens is 2. The van der Waals surface area contributed by atoms with Crippen LogP contribution in [0.3, 0.4) is 0 Å². The molecule has 0 aliphatic carbocycles. The standard InChI is InChI=1S/C15H17ClN4O/c1-20(2)14-8-18-7-13(19-14)12-5-10(16)3-9-4-11(6-17)21-15(9)12/h3,5,7-8,11H,4,6,17H2,1-2H3. The van der Waals surface area contributed by atoms with Gasteiger partial charge in [-0.25, -0.2) is 4.98 Å². The summed E-state index contributed by atoms with van der Waals surface area (Å²) < 4.78 is 5.93. The van der Waals surface area contributed by atoms with Gasteiger partial charge in [0.25, 0.3) is 0 Å². The first-order chi connectivity index (χ1) is 10.1. The van der Waals surface area contributed by atoms with E-state index in [9.17, 15) is 0 Å². The zero-order valence-corrected chi connectivity index (χ0v) is 12.8. The van der Waals surface area contributed by atoms with Gasteiger partial charge < -0.3 is 15.4 Å². The van der Waals surface area contributed by atoms with E-state index in [1.54, 1.807) is 12.4 Å². The summed E-state index contributed by atoms with van der Waals surface area (Å²) in [6, 6.07) is 3.79. The van der Waals surface area contributed by atoms with Crippen LogP contribution in [0.1, 0.15) is 5.56 Å². The van der Waals surface area contributed by atoms with Crippen molar-refractivity contribution >= 4 is 17.4 Å². The highest BCUT2D eigenvalue weighted by Gasteiger charge is 2.26. The van der Waals surface area contributed by atoms with Gasteiger partial charge in [0.2, 0.25) is 0 Å². The van der Waals surface area contributed by atoms with E-state index >= 15 is 0 Å². The number of anilines is 1. The lowest BCUT2D eigenvalue weighted by Gasteiger charge is -2.14. The Labute approximate surface area is 128 Å². The Bertz CT molecular complexity index is 675. The zero-order chi connectivity index (χ0) is 15.0. The second kappa shape index (κ2) is 5.50. The minimum Gasteiger partial charge on any atom is -0.488 e. The summed E-state index contributed by atoms with van der Waals surface area (Å²) in [5.74, 6) is 1.61. The fourth-order valence-electron chi connectivity index (χ4n) is 2.42. The molecule has 110 valence electrons. The number of rotatable bonds is 3. The maximum absolute atomic E-state index is 6.23. The number of nitrogens with zero attached hydrogens (tertiary/aromatic N) is 3. The predicted octanol–water partition coefficient (Wildman–Crippen LogP) is 2.13. The monoisotopic (exact) mass is 304 g/mol. The molecule has 0 spiro atoms. The van der Waals surface area contributed by atoms with Gasteiger partial charge >= 0.3 is 0 Å². The first kappa shape index (κ1) is 14.1. The van der Waals surface area contributed by atoms with Gasteiger partial charge in [0, 0.05) is 43.2 Å². The lowest BCUT2D eigenvalue weighted by Crippen LogP contribution is -2.24. The second-order valence-corrected chi connectivity index (χ2v) is 5.71. The Kier molecular flexibility index (Phi) is 3.69. The molecule has 0 bridgehead atoms. The zero-order valence-electron chi connectivity index (χ0n) is 12.0. The molecule has 2 aromatic rings. The van der Waals surface area contributed by atoms with Gasteiger partial charge in [0.1, 0.15) is 17.7 Å². The van der Waals surface area contributed by atoms with Crippen LogP contribution in [0.4, 0.5) is 5.82 Å². The summed E-state index contributed by atoms with van der Waals surface area (Å²) in [5, 5.41) is 0.669. The molecule has 1 aromatic heterocycles. The summed E-state index contributed by atoms with van der Waals surface area (Å²) in [4.78, 5) is 10.8. The number of hydrogen-bond donors (Lipinski definition) is 1. The molecule has 1 aromatic carbocycles. The van der Waals surface area contributed by atoms with Crippen LogP contribution in [-0.2, 0) is 6.42 Å². The van der Waals surface area contributed by atoms with Crippen molar-refractivity contribution in [3.8, 4) is 17.0 Å². The average Bonchev–Trinajstić information content (AvgIpc) is 2.89. The third-order valence-corrected chi connectivity index (χ3v) is 3.70. The van der Waals surface area contributed by atoms with Crippen molar-refractivity contribution in [2.75, 3.05) is 25.5 Å². The maximum Gasteiger partial charge on any atom is 0.147 e. The smallest absolute Gasteiger partial charge is 0.147 e. The van der Waals surface area contributed by atoms with Gasteiger partial charge in [0.15, 0.2) is 0 Å². The van der Waals surface area contributed by atoms with Crippen molar-refractivity contribution < 1.29 is 4.74 Å². The quantitative estimate of drug-likeness (QED) is 0.941. The minimum atomic E-state index is 0.00204. The molecule has 21 heavy (non-hydrogen) atoms. The average molecular weight is 305 g/mol. The van der Waals surface area contributed by atoms with Crippen molar-refractivity contribution in [2.24, 2.45) is 5.73 Å². The van der Waals surface area contributed by atoms with Gasteiger partial charge in [-0.05, 0) is 12.1 Å². The minimum absolute atomic E-state index is 0.00204. The SMILES string of the molecule is CN(C)c1cncc(-c2cc(Cl)cc3c2OC(CN)C3)n1. The number of halogens is 1. The molecule has 0 saturated carbocycles. The molecule has 5 nitrogen and oxygen atoms in total. The fourth-order valence-corrected chi connectivity index (χ4v) is 2.66. The molecule has 0 fully saturated rings. The van der Waals surface area contributed by atoms with Crippen LogP contribution in [0.2, 0.25) is 5.02 Å². The van der Waals surface area contributed by atoms with E-state index in [0.717, 1.165) is 34.8 Å². The topological polar surface area (TPSA) is 64.3 Å². The maximum atomic E-state index is 6.23. The fraction of sp³-hybridized carbons (Fsp3) is 0.333. The van der Waals surface area contributed by atoms with Gasteiger partial charge in [0.05, 0.1) is 18.1 Å². The lowest BCUT2D eigenvalue weighted by molar-refractivity contribution is 0.242. The van der Waals surface area contributed by atoms with E-state index in [4.69, 9.17) is 22.1 Å². The Morgan fingerprint density at radius 1 is 1.38 bits per heavy atom. The Hall–Kier alpha value is -1.85. The lowest BCUT2D eigenvalue weighted by atomic mass is 10.0. The van der Waals surface area contributed by atoms with Gasteiger partial charge in [-0.1, -0.05) is 11.6 Å². The second-order valence-electron chi connectivity index (χ2n) is 5.28. The third-order valence-electron chi connectivity index (χ3n) is 3.48. The predicted molar refractivity (Wildman–Crippen MR) is 84.0 cm³/mol. The molecule has 1 atom stereocenters. The summed E-state index contributed by atoms with van der Waals surface area (Å²) in [7, 11) is 3.86. The van der Waals surface area contributed by atoms with E-state index in [1.807, 2.05) is 31.1 Å². The van der Waals surface area contributed by atoms with Crippen LogP contribution in [0, 0.1) is 0 Å². The van der Waals surface area contributed by atoms with E-state index in [-0.39, 0.29) is 6.10 Å². The molecule has 2 N–H and O–H groups in total. The molecule has 1 aliphatic rings. The number of hydrogen-bond acceptors (Lipinski definition) is 5. The van der Waals surface area contributed by atoms with E-state index < -0.39 is 0 Å². The largest absolute Gasteiger partial charge is 0.488 e. The Morgan fingerprint density at radius 2 is 2.19 bits per heavy atom. The highest BCUT2D eigenvalue weighted by Crippen LogP contribution is 2.40. The molecule has 6 heteroatoms. The Morgan fingerprint density at radius 3 is 2.90 bits per heavy atom. The summed E-state index contributed by atoms with van der Waals surface area (Å²) in [5.41, 5.74) is 8.40. The van der Waals surface area contributed by atoms with Crippen molar-refractivity contribution in [3.63, 3.8) is 0 Å². The van der Waals surface area contributed by atoms with Crippen LogP contribution < -0.4 is 15.4 Å².